The highest BCUT2D eigenvalue weighted by molar-refractivity contribution is 8.13. The van der Waals surface area contributed by atoms with Gasteiger partial charge in [0, 0.05) is 25.2 Å². The van der Waals surface area contributed by atoms with Crippen LogP contribution < -0.4 is 0 Å². The molecular formula is C10H14O4S. The molecule has 5 heteroatoms. The Morgan fingerprint density at radius 3 is 2.40 bits per heavy atom. The molecule has 0 aromatic carbocycles. The van der Waals surface area contributed by atoms with Crippen molar-refractivity contribution in [2.75, 3.05) is 5.75 Å². The topological polar surface area (TPSA) is 71.4 Å². The molecule has 0 radical (unpaired) electrons. The van der Waals surface area contributed by atoms with Crippen molar-refractivity contribution in [3.63, 3.8) is 0 Å². The van der Waals surface area contributed by atoms with Gasteiger partial charge in [-0.1, -0.05) is 11.8 Å². The van der Waals surface area contributed by atoms with Gasteiger partial charge in [0.05, 0.1) is 0 Å². The van der Waals surface area contributed by atoms with Crippen LogP contribution in [-0.4, -0.2) is 27.7 Å². The summed E-state index contributed by atoms with van der Waals surface area (Å²) in [6.07, 6.45) is 3.72. The number of carboxylic acids is 1. The van der Waals surface area contributed by atoms with E-state index in [2.05, 4.69) is 0 Å². The van der Waals surface area contributed by atoms with Gasteiger partial charge in [-0.25, -0.2) is 4.79 Å². The summed E-state index contributed by atoms with van der Waals surface area (Å²) in [5.74, 6) is -0.591. The standard InChI is InChI=1S/C10H14O4S/c1-8(11)15-7-3-2-4-9(12)5-6-10(13)14/h5-6H,2-4,7H2,1H3,(H,13,14)/b6-5-. The quantitative estimate of drug-likeness (QED) is 0.532. The average molecular weight is 230 g/mol. The molecule has 84 valence electrons. The summed E-state index contributed by atoms with van der Waals surface area (Å²) < 4.78 is 0. The molecule has 0 unspecified atom stereocenters. The maximum atomic E-state index is 11.0. The number of allylic oxidation sites excluding steroid dienone is 1. The van der Waals surface area contributed by atoms with E-state index in [4.69, 9.17) is 5.11 Å². The Hall–Kier alpha value is -1.10. The molecule has 0 bridgehead atoms. The molecule has 0 amide bonds. The molecule has 0 saturated carbocycles. The maximum Gasteiger partial charge on any atom is 0.328 e. The van der Waals surface area contributed by atoms with E-state index in [-0.39, 0.29) is 10.9 Å². The van der Waals surface area contributed by atoms with Gasteiger partial charge in [0.1, 0.15) is 0 Å². The minimum atomic E-state index is -1.12. The summed E-state index contributed by atoms with van der Waals surface area (Å²) in [6.45, 7) is 1.51. The Morgan fingerprint density at radius 1 is 1.20 bits per heavy atom. The monoisotopic (exact) mass is 230 g/mol. The van der Waals surface area contributed by atoms with E-state index in [1.807, 2.05) is 0 Å². The molecule has 0 aliphatic heterocycles. The van der Waals surface area contributed by atoms with Crippen molar-refractivity contribution in [3.05, 3.63) is 12.2 Å². The van der Waals surface area contributed by atoms with Crippen molar-refractivity contribution in [3.8, 4) is 0 Å². The van der Waals surface area contributed by atoms with Crippen molar-refractivity contribution in [2.45, 2.75) is 26.2 Å². The van der Waals surface area contributed by atoms with Crippen LogP contribution in [0.2, 0.25) is 0 Å². The van der Waals surface area contributed by atoms with Crippen LogP contribution in [0.25, 0.3) is 0 Å². The second kappa shape index (κ2) is 8.23. The highest BCUT2D eigenvalue weighted by atomic mass is 32.2. The van der Waals surface area contributed by atoms with E-state index in [1.54, 1.807) is 0 Å². The van der Waals surface area contributed by atoms with Gasteiger partial charge in [0.15, 0.2) is 10.9 Å². The summed E-state index contributed by atoms with van der Waals surface area (Å²) in [6, 6.07) is 0. The van der Waals surface area contributed by atoms with Gasteiger partial charge >= 0.3 is 5.97 Å². The van der Waals surface area contributed by atoms with Crippen LogP contribution in [0.1, 0.15) is 26.2 Å². The summed E-state index contributed by atoms with van der Waals surface area (Å²) in [5.41, 5.74) is 0. The lowest BCUT2D eigenvalue weighted by molar-refractivity contribution is -0.131. The third-order valence-corrected chi connectivity index (χ3v) is 2.43. The van der Waals surface area contributed by atoms with E-state index in [0.717, 1.165) is 18.6 Å². The minimum absolute atomic E-state index is 0.0760. The molecule has 0 heterocycles. The smallest absolute Gasteiger partial charge is 0.328 e. The molecular weight excluding hydrogens is 216 g/mol. The third kappa shape index (κ3) is 10.8. The number of hydrogen-bond acceptors (Lipinski definition) is 4. The van der Waals surface area contributed by atoms with E-state index < -0.39 is 5.97 Å². The first-order valence-corrected chi connectivity index (χ1v) is 5.58. The lowest BCUT2D eigenvalue weighted by Gasteiger charge is -1.96. The molecule has 0 aliphatic rings. The van der Waals surface area contributed by atoms with Gasteiger partial charge in [-0.05, 0) is 18.9 Å². The number of hydrogen-bond donors (Lipinski definition) is 1. The first-order valence-electron chi connectivity index (χ1n) is 4.59. The van der Waals surface area contributed by atoms with E-state index in [0.29, 0.717) is 18.6 Å². The van der Waals surface area contributed by atoms with Gasteiger partial charge < -0.3 is 5.11 Å². The van der Waals surface area contributed by atoms with Gasteiger partial charge in [-0.2, -0.15) is 0 Å². The number of rotatable bonds is 7. The molecule has 0 aromatic rings. The highest BCUT2D eigenvalue weighted by Crippen LogP contribution is 2.07. The van der Waals surface area contributed by atoms with Crippen LogP contribution in [0.15, 0.2) is 12.2 Å². The predicted octanol–water partition coefficient (Wildman–Crippen LogP) is 1.65. The molecule has 0 spiro atoms. The lowest BCUT2D eigenvalue weighted by atomic mass is 10.2. The number of carbonyl (C=O) groups is 3. The molecule has 0 fully saturated rings. The number of aliphatic carboxylic acids is 1. The summed E-state index contributed by atoms with van der Waals surface area (Å²) in [5, 5.41) is 8.33. The Morgan fingerprint density at radius 2 is 1.87 bits per heavy atom. The van der Waals surface area contributed by atoms with E-state index >= 15 is 0 Å². The molecule has 1 N–H and O–H groups in total. The van der Waals surface area contributed by atoms with Crippen LogP contribution in [0, 0.1) is 0 Å². The minimum Gasteiger partial charge on any atom is -0.478 e. The van der Waals surface area contributed by atoms with Crippen LogP contribution in [0.3, 0.4) is 0 Å². The lowest BCUT2D eigenvalue weighted by Crippen LogP contribution is -1.96. The van der Waals surface area contributed by atoms with Crippen molar-refractivity contribution in [2.24, 2.45) is 0 Å². The first kappa shape index (κ1) is 13.9. The fourth-order valence-corrected chi connectivity index (χ4v) is 1.50. The van der Waals surface area contributed by atoms with Crippen molar-refractivity contribution in [1.82, 2.24) is 0 Å². The Labute approximate surface area is 92.7 Å². The van der Waals surface area contributed by atoms with Gasteiger partial charge in [-0.15, -0.1) is 0 Å². The van der Waals surface area contributed by atoms with E-state index in [1.165, 1.54) is 18.7 Å². The fraction of sp³-hybridized carbons (Fsp3) is 0.500. The number of thioether (sulfide) groups is 1. The van der Waals surface area contributed by atoms with E-state index in [9.17, 15) is 14.4 Å². The normalized spacial score (nSPS) is 10.5. The Balaban J connectivity index is 3.47. The van der Waals surface area contributed by atoms with Crippen LogP contribution in [0.5, 0.6) is 0 Å². The SMILES string of the molecule is CC(=O)SCCCCC(=O)/C=C\C(=O)O. The van der Waals surface area contributed by atoms with Crippen molar-refractivity contribution in [1.29, 1.82) is 0 Å². The summed E-state index contributed by atoms with van der Waals surface area (Å²) >= 11 is 1.24. The maximum absolute atomic E-state index is 11.0. The first-order chi connectivity index (χ1) is 7.02. The van der Waals surface area contributed by atoms with Gasteiger partial charge in [-0.3, -0.25) is 9.59 Å². The molecule has 0 aliphatic carbocycles. The van der Waals surface area contributed by atoms with Crippen LogP contribution in [-0.2, 0) is 14.4 Å². The zero-order chi connectivity index (χ0) is 11.7. The summed E-state index contributed by atoms with van der Waals surface area (Å²) in [4.78, 5) is 31.6. The number of unbranched alkanes of at least 4 members (excludes halogenated alkanes) is 1. The molecule has 0 atom stereocenters. The van der Waals surface area contributed by atoms with Gasteiger partial charge in [0.25, 0.3) is 0 Å². The number of ketones is 1. The average Bonchev–Trinajstić information content (AvgIpc) is 2.13. The largest absolute Gasteiger partial charge is 0.478 e. The Bertz CT molecular complexity index is 271. The molecule has 0 saturated heterocycles. The predicted molar refractivity (Wildman–Crippen MR) is 58.8 cm³/mol. The van der Waals surface area contributed by atoms with Crippen molar-refractivity contribution < 1.29 is 19.5 Å². The molecule has 4 nitrogen and oxygen atoms in total. The van der Waals surface area contributed by atoms with Crippen LogP contribution in [0.4, 0.5) is 0 Å². The molecule has 15 heavy (non-hydrogen) atoms. The van der Waals surface area contributed by atoms with Gasteiger partial charge in [0.2, 0.25) is 0 Å². The van der Waals surface area contributed by atoms with Crippen LogP contribution >= 0.6 is 11.8 Å². The second-order valence-corrected chi connectivity index (χ2v) is 4.21. The molecule has 0 rings (SSSR count). The zero-order valence-corrected chi connectivity index (χ0v) is 9.38. The fourth-order valence-electron chi connectivity index (χ4n) is 0.865. The highest BCUT2D eigenvalue weighted by Gasteiger charge is 1.99. The van der Waals surface area contributed by atoms with Crippen molar-refractivity contribution >= 4 is 28.6 Å². The zero-order valence-electron chi connectivity index (χ0n) is 8.56. The second-order valence-electron chi connectivity index (χ2n) is 2.94. The summed E-state index contributed by atoms with van der Waals surface area (Å²) in [7, 11) is 0. The number of carbonyl (C=O) groups excluding carboxylic acids is 2. The molecule has 0 aromatic heterocycles. The Kier molecular flexibility index (Phi) is 7.62. The number of carboxylic acid groups (broad SMARTS) is 1. The third-order valence-electron chi connectivity index (χ3n) is 1.53.